The van der Waals surface area contributed by atoms with Crippen LogP contribution in [0.3, 0.4) is 0 Å². The zero-order valence-electron chi connectivity index (χ0n) is 15.0. The SMILES string of the molecule is Cc1cc(C(=O)Nc2ccccc2NCC(F)(F)F)c2c(C)nn(C)c2n1. The van der Waals surface area contributed by atoms with E-state index in [4.69, 9.17) is 0 Å². The molecule has 0 atom stereocenters. The number of aryl methyl sites for hydroxylation is 3. The summed E-state index contributed by atoms with van der Waals surface area (Å²) in [5.74, 6) is -0.442. The molecule has 1 aromatic carbocycles. The second-order valence-electron chi connectivity index (χ2n) is 6.19. The van der Waals surface area contributed by atoms with Crippen molar-refractivity contribution >= 4 is 28.3 Å². The van der Waals surface area contributed by atoms with Crippen molar-refractivity contribution in [3.05, 3.63) is 47.3 Å². The number of nitrogens with zero attached hydrogens (tertiary/aromatic N) is 3. The van der Waals surface area contributed by atoms with Crippen molar-refractivity contribution in [2.45, 2.75) is 20.0 Å². The van der Waals surface area contributed by atoms with Gasteiger partial charge in [0.05, 0.1) is 28.0 Å². The third-order valence-electron chi connectivity index (χ3n) is 4.00. The zero-order chi connectivity index (χ0) is 19.8. The summed E-state index contributed by atoms with van der Waals surface area (Å²) in [4.78, 5) is 17.3. The van der Waals surface area contributed by atoms with Crippen molar-refractivity contribution in [3.63, 3.8) is 0 Å². The molecule has 3 aromatic rings. The third kappa shape index (κ3) is 4.02. The Bertz CT molecular complexity index is 1010. The second-order valence-corrected chi connectivity index (χ2v) is 6.19. The van der Waals surface area contributed by atoms with Gasteiger partial charge in [0.2, 0.25) is 0 Å². The van der Waals surface area contributed by atoms with E-state index >= 15 is 0 Å². The Hall–Kier alpha value is -3.10. The summed E-state index contributed by atoms with van der Waals surface area (Å²) in [7, 11) is 1.74. The van der Waals surface area contributed by atoms with Gasteiger partial charge in [-0.2, -0.15) is 18.3 Å². The van der Waals surface area contributed by atoms with Crippen LogP contribution >= 0.6 is 0 Å². The highest BCUT2D eigenvalue weighted by molar-refractivity contribution is 6.13. The summed E-state index contributed by atoms with van der Waals surface area (Å²) < 4.78 is 39.1. The van der Waals surface area contributed by atoms with Crippen LogP contribution in [0.25, 0.3) is 11.0 Å². The number of amides is 1. The van der Waals surface area contributed by atoms with Crippen molar-refractivity contribution in [1.82, 2.24) is 14.8 Å². The van der Waals surface area contributed by atoms with Gasteiger partial charge in [0.15, 0.2) is 5.65 Å². The van der Waals surface area contributed by atoms with E-state index in [1.807, 2.05) is 0 Å². The number of para-hydroxylation sites is 2. The molecule has 2 N–H and O–H groups in total. The maximum absolute atomic E-state index is 12.9. The molecule has 0 aliphatic rings. The van der Waals surface area contributed by atoms with Crippen LogP contribution in [0.4, 0.5) is 24.5 Å². The number of halogens is 3. The molecule has 27 heavy (non-hydrogen) atoms. The van der Waals surface area contributed by atoms with Gasteiger partial charge in [-0.3, -0.25) is 9.48 Å². The van der Waals surface area contributed by atoms with Crippen LogP contribution in [0, 0.1) is 13.8 Å². The lowest BCUT2D eigenvalue weighted by atomic mass is 10.1. The van der Waals surface area contributed by atoms with Crippen LogP contribution in [0.2, 0.25) is 0 Å². The molecule has 0 saturated heterocycles. The first-order chi connectivity index (χ1) is 12.7. The molecule has 0 radical (unpaired) electrons. The van der Waals surface area contributed by atoms with Crippen molar-refractivity contribution in [1.29, 1.82) is 0 Å². The molecule has 0 aliphatic carbocycles. The molecule has 1 amide bonds. The van der Waals surface area contributed by atoms with E-state index in [-0.39, 0.29) is 11.4 Å². The predicted octanol–water partition coefficient (Wildman–Crippen LogP) is 3.81. The van der Waals surface area contributed by atoms with Crippen molar-refractivity contribution in [2.24, 2.45) is 7.05 Å². The Balaban J connectivity index is 1.94. The molecule has 0 unspecified atom stereocenters. The monoisotopic (exact) mass is 377 g/mol. The van der Waals surface area contributed by atoms with E-state index in [9.17, 15) is 18.0 Å². The van der Waals surface area contributed by atoms with E-state index in [1.165, 1.54) is 12.1 Å². The minimum atomic E-state index is -4.36. The molecule has 0 aliphatic heterocycles. The summed E-state index contributed by atoms with van der Waals surface area (Å²) in [5.41, 5.74) is 2.67. The lowest BCUT2D eigenvalue weighted by Crippen LogP contribution is -2.22. The minimum Gasteiger partial charge on any atom is -0.375 e. The van der Waals surface area contributed by atoms with Gasteiger partial charge in [-0.1, -0.05) is 12.1 Å². The molecule has 6 nitrogen and oxygen atoms in total. The lowest BCUT2D eigenvalue weighted by molar-refractivity contribution is -0.115. The Kier molecular flexibility index (Phi) is 4.77. The highest BCUT2D eigenvalue weighted by Crippen LogP contribution is 2.26. The predicted molar refractivity (Wildman–Crippen MR) is 96.9 cm³/mol. The van der Waals surface area contributed by atoms with Crippen molar-refractivity contribution in [3.8, 4) is 0 Å². The van der Waals surface area contributed by atoms with Gasteiger partial charge in [-0.25, -0.2) is 4.98 Å². The Morgan fingerprint density at radius 2 is 1.85 bits per heavy atom. The highest BCUT2D eigenvalue weighted by Gasteiger charge is 2.27. The maximum Gasteiger partial charge on any atom is 0.405 e. The van der Waals surface area contributed by atoms with Crippen molar-refractivity contribution < 1.29 is 18.0 Å². The fourth-order valence-corrected chi connectivity index (χ4v) is 2.88. The smallest absolute Gasteiger partial charge is 0.375 e. The number of carbonyl (C=O) groups is 1. The van der Waals surface area contributed by atoms with Gasteiger partial charge >= 0.3 is 6.18 Å². The van der Waals surface area contributed by atoms with E-state index in [0.717, 1.165) is 0 Å². The Labute approximate surface area is 153 Å². The molecule has 0 fully saturated rings. The fourth-order valence-electron chi connectivity index (χ4n) is 2.88. The molecule has 9 heteroatoms. The third-order valence-corrected chi connectivity index (χ3v) is 4.00. The van der Waals surface area contributed by atoms with Gasteiger partial charge in [-0.05, 0) is 32.0 Å². The number of nitrogens with one attached hydrogen (secondary N) is 2. The molecule has 142 valence electrons. The second kappa shape index (κ2) is 6.90. The largest absolute Gasteiger partial charge is 0.405 e. The van der Waals surface area contributed by atoms with Gasteiger partial charge in [-0.15, -0.1) is 0 Å². The molecule has 0 saturated carbocycles. The molecule has 0 bridgehead atoms. The maximum atomic E-state index is 12.9. The van der Waals surface area contributed by atoms with Gasteiger partial charge in [0.25, 0.3) is 5.91 Å². The fraction of sp³-hybridized carbons (Fsp3) is 0.278. The highest BCUT2D eigenvalue weighted by atomic mass is 19.4. The Morgan fingerprint density at radius 1 is 1.19 bits per heavy atom. The topological polar surface area (TPSA) is 71.8 Å². The van der Waals surface area contributed by atoms with Gasteiger partial charge < -0.3 is 10.6 Å². The number of pyridine rings is 1. The Morgan fingerprint density at radius 3 is 2.52 bits per heavy atom. The quantitative estimate of drug-likeness (QED) is 0.725. The van der Waals surface area contributed by atoms with Crippen LogP contribution < -0.4 is 10.6 Å². The minimum absolute atomic E-state index is 0.188. The van der Waals surface area contributed by atoms with E-state index in [1.54, 1.807) is 43.8 Å². The molecule has 3 rings (SSSR count). The normalized spacial score (nSPS) is 11.6. The summed E-state index contributed by atoms with van der Waals surface area (Å²) in [6.07, 6.45) is -4.36. The number of hydrogen-bond acceptors (Lipinski definition) is 4. The summed E-state index contributed by atoms with van der Waals surface area (Å²) in [5, 5.41) is 9.90. The number of carbonyl (C=O) groups excluding carboxylic acids is 1. The van der Waals surface area contributed by atoms with E-state index in [0.29, 0.717) is 28.0 Å². The molecule has 2 aromatic heterocycles. The zero-order valence-corrected chi connectivity index (χ0v) is 15.0. The van der Waals surface area contributed by atoms with E-state index in [2.05, 4.69) is 20.7 Å². The molecular weight excluding hydrogens is 359 g/mol. The van der Waals surface area contributed by atoms with Crippen LogP contribution in [0.5, 0.6) is 0 Å². The lowest BCUT2D eigenvalue weighted by Gasteiger charge is -2.15. The first-order valence-electron chi connectivity index (χ1n) is 8.17. The van der Waals surface area contributed by atoms with Gasteiger partial charge in [0.1, 0.15) is 6.54 Å². The summed E-state index contributed by atoms with van der Waals surface area (Å²) in [6, 6.07) is 7.88. The number of rotatable bonds is 4. The average molecular weight is 377 g/mol. The number of anilines is 2. The van der Waals surface area contributed by atoms with Crippen LogP contribution in [0.15, 0.2) is 30.3 Å². The van der Waals surface area contributed by atoms with Gasteiger partial charge in [0, 0.05) is 12.7 Å². The number of fused-ring (bicyclic) bond motifs is 1. The first kappa shape index (κ1) is 18.7. The van der Waals surface area contributed by atoms with Crippen LogP contribution in [-0.2, 0) is 7.05 Å². The van der Waals surface area contributed by atoms with Crippen molar-refractivity contribution in [2.75, 3.05) is 17.2 Å². The van der Waals surface area contributed by atoms with Crippen LogP contribution in [-0.4, -0.2) is 33.4 Å². The standard InChI is InChI=1S/C18H18F3N5O/c1-10-8-12(15-11(2)25-26(3)16(15)23-10)17(27)24-14-7-5-4-6-13(14)22-9-18(19,20)21/h4-8,22H,9H2,1-3H3,(H,24,27). The number of aromatic nitrogens is 3. The molecule has 0 spiro atoms. The number of benzene rings is 1. The number of alkyl halides is 3. The first-order valence-corrected chi connectivity index (χ1v) is 8.17. The summed E-state index contributed by atoms with van der Waals surface area (Å²) >= 11 is 0. The molecule has 2 heterocycles. The van der Waals surface area contributed by atoms with Crippen LogP contribution in [0.1, 0.15) is 21.7 Å². The molecular formula is C18H18F3N5O. The summed E-state index contributed by atoms with van der Waals surface area (Å²) in [6.45, 7) is 2.34. The van der Waals surface area contributed by atoms with E-state index < -0.39 is 18.6 Å². The average Bonchev–Trinajstić information content (AvgIpc) is 2.86. The number of hydrogen-bond donors (Lipinski definition) is 2.